The predicted octanol–water partition coefficient (Wildman–Crippen LogP) is 1.59. The minimum Gasteiger partial charge on any atom is -0.497 e. The van der Waals surface area contributed by atoms with E-state index in [-0.39, 0.29) is 0 Å². The monoisotopic (exact) mass is 366 g/mol. The molecule has 0 spiro atoms. The van der Waals surface area contributed by atoms with Crippen LogP contribution in [0.4, 0.5) is 5.82 Å². The Labute approximate surface area is 154 Å². The van der Waals surface area contributed by atoms with Crippen LogP contribution < -0.4 is 14.4 Å². The summed E-state index contributed by atoms with van der Waals surface area (Å²) in [7, 11) is 5.13. The minimum atomic E-state index is 0.448. The summed E-state index contributed by atoms with van der Waals surface area (Å²) in [5.41, 5.74) is 1.53. The van der Waals surface area contributed by atoms with Crippen LogP contribution in [0.15, 0.2) is 36.8 Å². The maximum atomic E-state index is 5.33. The normalized spacial score (nSPS) is 10.9. The topological polar surface area (TPSA) is 107 Å². The van der Waals surface area contributed by atoms with E-state index in [1.54, 1.807) is 25.0 Å². The number of aromatic nitrogens is 7. The molecule has 0 saturated carbocycles. The number of nitrogens with one attached hydrogen (secondary N) is 1. The lowest BCUT2D eigenvalue weighted by atomic mass is 10.2. The molecule has 1 aromatic carbocycles. The first-order valence-electron chi connectivity index (χ1n) is 8.19. The van der Waals surface area contributed by atoms with Gasteiger partial charge in [0.2, 0.25) is 0 Å². The summed E-state index contributed by atoms with van der Waals surface area (Å²) in [6, 6.07) is 7.43. The second-order valence-electron chi connectivity index (χ2n) is 5.87. The Morgan fingerprint density at radius 3 is 2.63 bits per heavy atom. The highest BCUT2D eigenvalue weighted by Crippen LogP contribution is 2.26. The molecule has 0 saturated heterocycles. The van der Waals surface area contributed by atoms with Crippen LogP contribution in [0.1, 0.15) is 5.82 Å². The minimum absolute atomic E-state index is 0.448. The molecule has 0 aliphatic carbocycles. The van der Waals surface area contributed by atoms with E-state index in [2.05, 4.69) is 30.5 Å². The maximum absolute atomic E-state index is 5.33. The Bertz CT molecular complexity index is 1050. The van der Waals surface area contributed by atoms with Crippen molar-refractivity contribution >= 4 is 16.9 Å². The van der Waals surface area contributed by atoms with Crippen molar-refractivity contribution < 1.29 is 9.47 Å². The fraction of sp³-hybridized carbons (Fsp3) is 0.235. The van der Waals surface area contributed by atoms with Crippen LogP contribution in [-0.4, -0.2) is 56.4 Å². The molecule has 0 bridgehead atoms. The van der Waals surface area contributed by atoms with Crippen molar-refractivity contribution in [3.63, 3.8) is 0 Å². The highest BCUT2D eigenvalue weighted by molar-refractivity contribution is 5.87. The number of aromatic amines is 1. The Morgan fingerprint density at radius 1 is 1.11 bits per heavy atom. The standard InChI is InChI=1S/C17H18N8O2/c1-24(17-14-4-5-18-16(14)19-10-20-17)9-15-21-22-23-25(15)11-6-12(26-2)8-13(7-11)27-3/h4-8,10H,9H2,1-3H3,(H,18,19,20). The van der Waals surface area contributed by atoms with Crippen LogP contribution in [0, 0.1) is 0 Å². The molecule has 0 radical (unpaired) electrons. The van der Waals surface area contributed by atoms with Gasteiger partial charge in [-0.2, -0.15) is 4.68 Å². The number of tetrazole rings is 1. The third kappa shape index (κ3) is 3.12. The van der Waals surface area contributed by atoms with E-state index < -0.39 is 0 Å². The molecule has 3 heterocycles. The molecule has 138 valence electrons. The molecule has 0 atom stereocenters. The molecule has 10 heteroatoms. The van der Waals surface area contributed by atoms with Crippen LogP contribution in [-0.2, 0) is 6.54 Å². The average molecular weight is 366 g/mol. The maximum Gasteiger partial charge on any atom is 0.175 e. The molecule has 0 amide bonds. The third-order valence-electron chi connectivity index (χ3n) is 4.19. The first kappa shape index (κ1) is 16.8. The number of methoxy groups -OCH3 is 2. The van der Waals surface area contributed by atoms with Crippen molar-refractivity contribution in [3.05, 3.63) is 42.6 Å². The highest BCUT2D eigenvalue weighted by atomic mass is 16.5. The van der Waals surface area contributed by atoms with E-state index in [4.69, 9.17) is 9.47 Å². The Morgan fingerprint density at radius 2 is 1.89 bits per heavy atom. The van der Waals surface area contributed by atoms with Gasteiger partial charge in [-0.25, -0.2) is 9.97 Å². The van der Waals surface area contributed by atoms with Crippen LogP contribution in [0.25, 0.3) is 16.7 Å². The number of benzene rings is 1. The summed E-state index contributed by atoms with van der Waals surface area (Å²) >= 11 is 0. The van der Waals surface area contributed by atoms with Gasteiger partial charge in [-0.15, -0.1) is 5.10 Å². The van der Waals surface area contributed by atoms with Crippen LogP contribution in [0.3, 0.4) is 0 Å². The molecule has 0 fully saturated rings. The smallest absolute Gasteiger partial charge is 0.175 e. The average Bonchev–Trinajstić information content (AvgIpc) is 3.36. The lowest BCUT2D eigenvalue weighted by Crippen LogP contribution is -2.21. The van der Waals surface area contributed by atoms with Gasteiger partial charge >= 0.3 is 0 Å². The second kappa shape index (κ2) is 6.90. The molecule has 4 rings (SSSR count). The quantitative estimate of drug-likeness (QED) is 0.548. The van der Waals surface area contributed by atoms with Crippen molar-refractivity contribution in [3.8, 4) is 17.2 Å². The number of fused-ring (bicyclic) bond motifs is 1. The van der Waals surface area contributed by atoms with Crippen LogP contribution >= 0.6 is 0 Å². The van der Waals surface area contributed by atoms with E-state index in [0.717, 1.165) is 22.5 Å². The lowest BCUT2D eigenvalue weighted by Gasteiger charge is -2.18. The Balaban J connectivity index is 1.67. The van der Waals surface area contributed by atoms with Crippen LogP contribution in [0.2, 0.25) is 0 Å². The summed E-state index contributed by atoms with van der Waals surface area (Å²) < 4.78 is 12.3. The third-order valence-corrected chi connectivity index (χ3v) is 4.19. The van der Waals surface area contributed by atoms with Gasteiger partial charge in [0.05, 0.1) is 31.8 Å². The predicted molar refractivity (Wildman–Crippen MR) is 98.3 cm³/mol. The summed E-state index contributed by atoms with van der Waals surface area (Å²) in [5, 5.41) is 13.0. The number of ether oxygens (including phenoxy) is 2. The molecule has 0 unspecified atom stereocenters. The van der Waals surface area contributed by atoms with Gasteiger partial charge in [0.1, 0.15) is 29.3 Å². The number of hydrogen-bond donors (Lipinski definition) is 1. The largest absolute Gasteiger partial charge is 0.497 e. The first-order valence-corrected chi connectivity index (χ1v) is 8.19. The zero-order valence-electron chi connectivity index (χ0n) is 15.1. The fourth-order valence-electron chi connectivity index (χ4n) is 2.87. The molecule has 3 aromatic heterocycles. The fourth-order valence-corrected chi connectivity index (χ4v) is 2.87. The van der Waals surface area contributed by atoms with Gasteiger partial charge < -0.3 is 19.4 Å². The van der Waals surface area contributed by atoms with Gasteiger partial charge in [-0.3, -0.25) is 0 Å². The second-order valence-corrected chi connectivity index (χ2v) is 5.87. The molecular formula is C17H18N8O2. The molecule has 0 aliphatic heterocycles. The van der Waals surface area contributed by atoms with Gasteiger partial charge in [0, 0.05) is 31.4 Å². The van der Waals surface area contributed by atoms with Gasteiger partial charge in [-0.1, -0.05) is 0 Å². The number of rotatable bonds is 6. The van der Waals surface area contributed by atoms with Crippen molar-refractivity contribution in [2.24, 2.45) is 0 Å². The van der Waals surface area contributed by atoms with Crippen molar-refractivity contribution in [1.29, 1.82) is 0 Å². The molecule has 27 heavy (non-hydrogen) atoms. The van der Waals surface area contributed by atoms with Gasteiger partial charge in [0.15, 0.2) is 5.82 Å². The Kier molecular flexibility index (Phi) is 4.29. The molecule has 4 aromatic rings. The number of H-pyrrole nitrogens is 1. The van der Waals surface area contributed by atoms with Crippen molar-refractivity contribution in [2.45, 2.75) is 6.54 Å². The Hall–Kier alpha value is -3.69. The van der Waals surface area contributed by atoms with E-state index in [9.17, 15) is 0 Å². The summed E-state index contributed by atoms with van der Waals surface area (Å²) in [4.78, 5) is 13.7. The zero-order chi connectivity index (χ0) is 18.8. The van der Waals surface area contributed by atoms with Gasteiger partial charge in [0.25, 0.3) is 0 Å². The number of nitrogens with zero attached hydrogens (tertiary/aromatic N) is 7. The van der Waals surface area contributed by atoms with Crippen molar-refractivity contribution in [2.75, 3.05) is 26.2 Å². The molecule has 10 nitrogen and oxygen atoms in total. The summed E-state index contributed by atoms with van der Waals surface area (Å²) in [5.74, 6) is 2.75. The van der Waals surface area contributed by atoms with Crippen molar-refractivity contribution in [1.82, 2.24) is 35.2 Å². The van der Waals surface area contributed by atoms with E-state index in [1.165, 1.54) is 6.33 Å². The molecule has 1 N–H and O–H groups in total. The summed E-state index contributed by atoms with van der Waals surface area (Å²) in [6.07, 6.45) is 3.36. The lowest BCUT2D eigenvalue weighted by molar-refractivity contribution is 0.393. The summed E-state index contributed by atoms with van der Waals surface area (Å²) in [6.45, 7) is 0.448. The molecule has 0 aliphatic rings. The van der Waals surface area contributed by atoms with E-state index in [0.29, 0.717) is 23.9 Å². The van der Waals surface area contributed by atoms with Crippen LogP contribution in [0.5, 0.6) is 11.5 Å². The van der Waals surface area contributed by atoms with E-state index >= 15 is 0 Å². The first-order chi connectivity index (χ1) is 13.2. The molecular weight excluding hydrogens is 348 g/mol. The highest BCUT2D eigenvalue weighted by Gasteiger charge is 2.16. The number of hydrogen-bond acceptors (Lipinski definition) is 8. The zero-order valence-corrected chi connectivity index (χ0v) is 15.1. The SMILES string of the molecule is COc1cc(OC)cc(-n2nnnc2CN(C)c2ncnc3[nH]ccc23)c1. The number of anilines is 1. The van der Waals surface area contributed by atoms with Gasteiger partial charge in [-0.05, 0) is 16.5 Å². The van der Waals surface area contributed by atoms with E-state index in [1.807, 2.05) is 36.3 Å².